The van der Waals surface area contributed by atoms with Gasteiger partial charge in [0.2, 0.25) is 0 Å². The lowest BCUT2D eigenvalue weighted by molar-refractivity contribution is -0.137. The molecule has 4 nitrogen and oxygen atoms in total. The summed E-state index contributed by atoms with van der Waals surface area (Å²) < 4.78 is 7.09. The van der Waals surface area contributed by atoms with Crippen molar-refractivity contribution in [3.63, 3.8) is 0 Å². The van der Waals surface area contributed by atoms with E-state index in [1.807, 2.05) is 6.08 Å². The molecule has 0 saturated heterocycles. The van der Waals surface area contributed by atoms with E-state index in [0.29, 0.717) is 36.7 Å². The number of fused-ring (bicyclic) bond motifs is 5. The molecule has 0 spiro atoms. The van der Waals surface area contributed by atoms with Crippen LogP contribution in [0.3, 0.4) is 0 Å². The number of hydrogen-bond acceptors (Lipinski definition) is 3. The van der Waals surface area contributed by atoms with E-state index in [2.05, 4.69) is 47.7 Å². The number of ketones is 1. The van der Waals surface area contributed by atoms with Crippen LogP contribution in [0.15, 0.2) is 11.6 Å². The number of allylic oxidation sites excluding steroid dienone is 1. The molecule has 0 amide bonds. The molecule has 7 atom stereocenters. The topological polar surface area (TPSA) is 63.6 Å². The maximum absolute atomic E-state index is 12.6. The molecule has 5 heteroatoms. The van der Waals surface area contributed by atoms with Crippen molar-refractivity contribution in [2.75, 3.05) is 0 Å². The Labute approximate surface area is 208 Å². The molecule has 0 heterocycles. The average Bonchev–Trinajstić information content (AvgIpc) is 3.03. The van der Waals surface area contributed by atoms with Crippen molar-refractivity contribution in [1.29, 1.82) is 0 Å². The maximum atomic E-state index is 12.6. The van der Waals surface area contributed by atoms with Gasteiger partial charge in [0.05, 0.1) is 6.10 Å². The lowest BCUT2D eigenvalue weighted by Crippen LogP contribution is -2.55. The highest BCUT2D eigenvalue weighted by Crippen LogP contribution is 2.67. The van der Waals surface area contributed by atoms with E-state index < -0.39 is 14.3 Å². The van der Waals surface area contributed by atoms with Gasteiger partial charge in [-0.3, -0.25) is 9.59 Å². The second kappa shape index (κ2) is 8.87. The largest absolute Gasteiger partial charge is 0.481 e. The molecule has 4 aliphatic carbocycles. The zero-order valence-electron chi connectivity index (χ0n) is 22.7. The predicted molar refractivity (Wildman–Crippen MR) is 139 cm³/mol. The minimum absolute atomic E-state index is 0.0506. The second-order valence-electron chi connectivity index (χ2n) is 14.0. The van der Waals surface area contributed by atoms with Gasteiger partial charge in [0.25, 0.3) is 0 Å². The number of hydrogen-bond donors (Lipinski definition) is 1. The Kier molecular flexibility index (Phi) is 6.81. The summed E-state index contributed by atoms with van der Waals surface area (Å²) in [6, 6.07) is 0. The molecule has 1 N–H and O–H groups in total. The molecule has 0 radical (unpaired) electrons. The van der Waals surface area contributed by atoms with Crippen LogP contribution in [0.4, 0.5) is 0 Å². The summed E-state index contributed by atoms with van der Waals surface area (Å²) in [5.41, 5.74) is 1.69. The summed E-state index contributed by atoms with van der Waals surface area (Å²) in [4.78, 5) is 23.8. The van der Waals surface area contributed by atoms with E-state index in [0.717, 1.165) is 12.8 Å². The van der Waals surface area contributed by atoms with Crippen LogP contribution >= 0.6 is 0 Å². The van der Waals surface area contributed by atoms with Gasteiger partial charge in [-0.2, -0.15) is 0 Å². The molecule has 34 heavy (non-hydrogen) atoms. The Bertz CT molecular complexity index is 855. The zero-order chi connectivity index (χ0) is 25.1. The van der Waals surface area contributed by atoms with Crippen LogP contribution in [-0.4, -0.2) is 31.3 Å². The van der Waals surface area contributed by atoms with Crippen molar-refractivity contribution in [2.45, 2.75) is 123 Å². The van der Waals surface area contributed by atoms with Crippen LogP contribution in [0.5, 0.6) is 0 Å². The average molecular weight is 489 g/mol. The monoisotopic (exact) mass is 488 g/mol. The fraction of sp³-hybridized carbons (Fsp3) is 0.862. The van der Waals surface area contributed by atoms with Crippen molar-refractivity contribution < 1.29 is 19.1 Å². The molecule has 0 bridgehead atoms. The van der Waals surface area contributed by atoms with Crippen molar-refractivity contribution in [2.24, 2.45) is 34.5 Å². The normalized spacial score (nSPS) is 40.3. The van der Waals surface area contributed by atoms with Crippen molar-refractivity contribution in [3.8, 4) is 0 Å². The third-order valence-corrected chi connectivity index (χ3v) is 15.9. The molecule has 0 aromatic heterocycles. The summed E-state index contributed by atoms with van der Waals surface area (Å²) in [5, 5.41) is 9.41. The summed E-state index contributed by atoms with van der Waals surface area (Å²) in [7, 11) is -1.82. The van der Waals surface area contributed by atoms with Crippen LogP contribution in [-0.2, 0) is 14.0 Å². The van der Waals surface area contributed by atoms with E-state index in [4.69, 9.17) is 4.43 Å². The zero-order valence-corrected chi connectivity index (χ0v) is 23.7. The highest BCUT2D eigenvalue weighted by Gasteiger charge is 2.61. The number of carbonyl (C=O) groups excluding carboxylic acids is 1. The fourth-order valence-electron chi connectivity index (χ4n) is 8.34. The number of carboxylic acids is 1. The van der Waals surface area contributed by atoms with Gasteiger partial charge in [0.1, 0.15) is 0 Å². The number of aliphatic carboxylic acids is 1. The van der Waals surface area contributed by atoms with E-state index in [1.54, 1.807) is 0 Å². The number of carbonyl (C=O) groups is 2. The minimum atomic E-state index is -1.82. The molecular formula is C29H48O4Si. The van der Waals surface area contributed by atoms with Crippen LogP contribution in [0.25, 0.3) is 0 Å². The first-order chi connectivity index (χ1) is 15.7. The Morgan fingerprint density at radius 2 is 1.85 bits per heavy atom. The summed E-state index contributed by atoms with van der Waals surface area (Å²) >= 11 is 0. The summed E-state index contributed by atoms with van der Waals surface area (Å²) in [5.74, 6) is 1.84. The molecule has 0 unspecified atom stereocenters. The molecule has 0 aliphatic heterocycles. The van der Waals surface area contributed by atoms with E-state index in [1.165, 1.54) is 37.7 Å². The predicted octanol–water partition coefficient (Wildman–Crippen LogP) is 7.39. The standard InChI is InChI=1S/C29H48O4Si/c1-27(2,3)34(6,7)33-25-14-13-23-22-12-11-20-18-21(30)17-19(9-8-10-26(31)32)29(20,5)24(22)15-16-28(23,25)4/h18-19,22-25H,8-17H2,1-7H3,(H,31,32)/t19-,22-,23-,24-,25-,28-,29-/m0/s1. The van der Waals surface area contributed by atoms with Gasteiger partial charge in [0.15, 0.2) is 14.1 Å². The second-order valence-corrected chi connectivity index (χ2v) is 18.8. The van der Waals surface area contributed by atoms with Gasteiger partial charge in [-0.05, 0) is 110 Å². The van der Waals surface area contributed by atoms with Gasteiger partial charge in [0, 0.05) is 12.8 Å². The lowest BCUT2D eigenvalue weighted by atomic mass is 9.45. The quantitative estimate of drug-likeness (QED) is 0.396. The third kappa shape index (κ3) is 4.27. The Morgan fingerprint density at radius 3 is 2.50 bits per heavy atom. The maximum Gasteiger partial charge on any atom is 0.303 e. The highest BCUT2D eigenvalue weighted by molar-refractivity contribution is 6.74. The molecular weight excluding hydrogens is 440 g/mol. The van der Waals surface area contributed by atoms with E-state index >= 15 is 0 Å². The summed E-state index contributed by atoms with van der Waals surface area (Å²) in [6.07, 6.45) is 11.8. The smallest absolute Gasteiger partial charge is 0.303 e. The first-order valence-corrected chi connectivity index (χ1v) is 16.7. The van der Waals surface area contributed by atoms with Gasteiger partial charge in [-0.25, -0.2) is 0 Å². The molecule has 3 saturated carbocycles. The van der Waals surface area contributed by atoms with E-state index in [-0.39, 0.29) is 34.0 Å². The minimum Gasteiger partial charge on any atom is -0.481 e. The molecule has 4 rings (SSSR count). The highest BCUT2D eigenvalue weighted by atomic mass is 28.4. The van der Waals surface area contributed by atoms with Crippen LogP contribution < -0.4 is 0 Å². The molecule has 4 aliphatic rings. The van der Waals surface area contributed by atoms with Gasteiger partial charge >= 0.3 is 5.97 Å². The number of carboxylic acid groups (broad SMARTS) is 1. The van der Waals surface area contributed by atoms with Gasteiger partial charge < -0.3 is 9.53 Å². The van der Waals surface area contributed by atoms with Crippen LogP contribution in [0.2, 0.25) is 18.1 Å². The Morgan fingerprint density at radius 1 is 1.15 bits per heavy atom. The first-order valence-electron chi connectivity index (χ1n) is 13.8. The molecule has 0 aromatic rings. The van der Waals surface area contributed by atoms with Crippen molar-refractivity contribution in [3.05, 3.63) is 11.6 Å². The van der Waals surface area contributed by atoms with Crippen molar-refractivity contribution >= 4 is 20.1 Å². The molecule has 0 aromatic carbocycles. The molecule has 192 valence electrons. The first kappa shape index (κ1) is 26.1. The van der Waals surface area contributed by atoms with Crippen molar-refractivity contribution in [1.82, 2.24) is 0 Å². The molecule has 3 fully saturated rings. The summed E-state index contributed by atoms with van der Waals surface area (Å²) in [6.45, 7) is 16.8. The Balaban J connectivity index is 1.58. The van der Waals surface area contributed by atoms with Crippen LogP contribution in [0.1, 0.15) is 98.8 Å². The Hall–Kier alpha value is -0.943. The third-order valence-electron chi connectivity index (χ3n) is 11.4. The lowest BCUT2D eigenvalue weighted by Gasteiger charge is -2.60. The van der Waals surface area contributed by atoms with Gasteiger partial charge in [-0.15, -0.1) is 0 Å². The van der Waals surface area contributed by atoms with Gasteiger partial charge in [-0.1, -0.05) is 40.2 Å². The van der Waals surface area contributed by atoms with Crippen LogP contribution in [0, 0.1) is 34.5 Å². The SMILES string of the molecule is CC(C)(C)[Si](C)(C)O[C@H]1CC[C@H]2[C@@H]3CCC4=CC(=O)C[C@H](CCCC(=O)O)[C@]4(C)[C@H]3CC[C@]12C. The number of rotatable bonds is 6. The fourth-order valence-corrected chi connectivity index (χ4v) is 9.80. The van der Waals surface area contributed by atoms with E-state index in [9.17, 15) is 14.7 Å².